The molecule has 134 valence electrons. The van der Waals surface area contributed by atoms with Crippen LogP contribution in [-0.2, 0) is 0 Å². The van der Waals surface area contributed by atoms with E-state index in [2.05, 4.69) is 6.92 Å². The highest BCUT2D eigenvalue weighted by molar-refractivity contribution is 7.13. The molecule has 3 aromatic rings. The molecular formula is C20H22N4OS. The Morgan fingerprint density at radius 3 is 2.73 bits per heavy atom. The van der Waals surface area contributed by atoms with Crippen LogP contribution in [0.2, 0.25) is 0 Å². The van der Waals surface area contributed by atoms with E-state index in [0.717, 1.165) is 29.2 Å². The van der Waals surface area contributed by atoms with E-state index in [1.165, 1.54) is 0 Å². The fourth-order valence-electron chi connectivity index (χ4n) is 3.37. The number of hydrogen-bond donors (Lipinski definition) is 1. The van der Waals surface area contributed by atoms with E-state index >= 15 is 0 Å². The Bertz CT molecular complexity index is 903. The van der Waals surface area contributed by atoms with Crippen molar-refractivity contribution in [3.8, 4) is 16.3 Å². The highest BCUT2D eigenvalue weighted by Gasteiger charge is 2.36. The molecule has 3 heterocycles. The van der Waals surface area contributed by atoms with E-state index in [1.54, 1.807) is 16.0 Å². The second-order valence-corrected chi connectivity index (χ2v) is 8.09. The van der Waals surface area contributed by atoms with E-state index < -0.39 is 0 Å². The molecule has 1 unspecified atom stereocenters. The van der Waals surface area contributed by atoms with E-state index in [9.17, 15) is 4.79 Å². The number of hydrogen-bond acceptors (Lipinski definition) is 4. The zero-order valence-electron chi connectivity index (χ0n) is 14.8. The number of nitrogens with two attached hydrogens (primary N) is 1. The molecule has 0 radical (unpaired) electrons. The lowest BCUT2D eigenvalue weighted by Gasteiger charge is -2.22. The highest BCUT2D eigenvalue weighted by atomic mass is 32.1. The largest absolute Gasteiger partial charge is 0.338 e. The van der Waals surface area contributed by atoms with Gasteiger partial charge >= 0.3 is 0 Å². The number of amides is 1. The Labute approximate surface area is 157 Å². The summed E-state index contributed by atoms with van der Waals surface area (Å²) in [6, 6.07) is 13.9. The molecule has 1 aromatic carbocycles. The lowest BCUT2D eigenvalue weighted by molar-refractivity contribution is 0.0777. The predicted molar refractivity (Wildman–Crippen MR) is 105 cm³/mol. The number of para-hydroxylation sites is 1. The zero-order chi connectivity index (χ0) is 18.1. The minimum Gasteiger partial charge on any atom is -0.338 e. The first-order valence-corrected chi connectivity index (χ1v) is 9.66. The summed E-state index contributed by atoms with van der Waals surface area (Å²) in [7, 11) is 0. The first-order chi connectivity index (χ1) is 12.6. The van der Waals surface area contributed by atoms with Gasteiger partial charge in [-0.1, -0.05) is 31.2 Å². The molecular weight excluding hydrogens is 344 g/mol. The van der Waals surface area contributed by atoms with Gasteiger partial charge in [-0.2, -0.15) is 5.10 Å². The minimum absolute atomic E-state index is 0.00811. The zero-order valence-corrected chi connectivity index (χ0v) is 15.6. The topological polar surface area (TPSA) is 64.2 Å². The molecule has 26 heavy (non-hydrogen) atoms. The van der Waals surface area contributed by atoms with Crippen molar-refractivity contribution in [1.82, 2.24) is 14.7 Å². The first kappa shape index (κ1) is 17.0. The second kappa shape index (κ2) is 6.70. The number of likely N-dealkylation sites (tertiary alicyclic amines) is 1. The second-order valence-electron chi connectivity index (χ2n) is 7.14. The molecule has 0 aliphatic carbocycles. The van der Waals surface area contributed by atoms with Crippen LogP contribution < -0.4 is 5.73 Å². The third-order valence-corrected chi connectivity index (χ3v) is 5.93. The quantitative estimate of drug-likeness (QED) is 0.769. The third kappa shape index (κ3) is 3.06. The van der Waals surface area contributed by atoms with E-state index in [4.69, 9.17) is 10.8 Å². The van der Waals surface area contributed by atoms with Gasteiger partial charge < -0.3 is 10.6 Å². The first-order valence-electron chi connectivity index (χ1n) is 8.78. The monoisotopic (exact) mass is 366 g/mol. The molecule has 1 saturated heterocycles. The van der Waals surface area contributed by atoms with Crippen molar-refractivity contribution >= 4 is 17.2 Å². The normalized spacial score (nSPS) is 19.8. The standard InChI is InChI=1S/C20H22N4OS/c1-20(13-21)9-10-23(14-20)19(25)16-12-24(15-6-3-2-4-7-15)22-18(16)17-8-5-11-26-17/h2-8,11-12H,9-10,13-14,21H2,1H3. The maximum atomic E-state index is 13.2. The molecule has 2 aromatic heterocycles. The fourth-order valence-corrected chi connectivity index (χ4v) is 4.10. The van der Waals surface area contributed by atoms with Gasteiger partial charge in [0.15, 0.2) is 0 Å². The average molecular weight is 366 g/mol. The van der Waals surface area contributed by atoms with Crippen LogP contribution in [-0.4, -0.2) is 40.2 Å². The fraction of sp³-hybridized carbons (Fsp3) is 0.300. The van der Waals surface area contributed by atoms with Crippen LogP contribution >= 0.6 is 11.3 Å². The Morgan fingerprint density at radius 2 is 2.08 bits per heavy atom. The number of rotatable bonds is 4. The van der Waals surface area contributed by atoms with Crippen LogP contribution in [0, 0.1) is 5.41 Å². The number of thiophene rings is 1. The Balaban J connectivity index is 1.73. The summed E-state index contributed by atoms with van der Waals surface area (Å²) in [4.78, 5) is 16.2. The van der Waals surface area contributed by atoms with Gasteiger partial charge in [0.1, 0.15) is 5.69 Å². The van der Waals surface area contributed by atoms with Crippen molar-refractivity contribution in [3.63, 3.8) is 0 Å². The van der Waals surface area contributed by atoms with E-state index in [0.29, 0.717) is 18.7 Å². The van der Waals surface area contributed by atoms with Gasteiger partial charge in [0.2, 0.25) is 0 Å². The van der Waals surface area contributed by atoms with Crippen LogP contribution in [0.15, 0.2) is 54.0 Å². The van der Waals surface area contributed by atoms with Gasteiger partial charge in [0, 0.05) is 19.3 Å². The van der Waals surface area contributed by atoms with Crippen molar-refractivity contribution < 1.29 is 4.79 Å². The maximum absolute atomic E-state index is 13.2. The van der Waals surface area contributed by atoms with Gasteiger partial charge in [-0.3, -0.25) is 4.79 Å². The summed E-state index contributed by atoms with van der Waals surface area (Å²) in [5, 5.41) is 6.73. The van der Waals surface area contributed by atoms with Crippen LogP contribution in [0.4, 0.5) is 0 Å². The van der Waals surface area contributed by atoms with Gasteiger partial charge in [0.25, 0.3) is 5.91 Å². The number of carbonyl (C=O) groups is 1. The molecule has 0 saturated carbocycles. The lowest BCUT2D eigenvalue weighted by atomic mass is 9.90. The smallest absolute Gasteiger partial charge is 0.257 e. The van der Waals surface area contributed by atoms with Crippen molar-refractivity contribution in [2.45, 2.75) is 13.3 Å². The van der Waals surface area contributed by atoms with Gasteiger partial charge in [0.05, 0.1) is 16.1 Å². The van der Waals surface area contributed by atoms with Crippen LogP contribution in [0.5, 0.6) is 0 Å². The van der Waals surface area contributed by atoms with E-state index in [-0.39, 0.29) is 11.3 Å². The summed E-state index contributed by atoms with van der Waals surface area (Å²) < 4.78 is 1.79. The molecule has 2 N–H and O–H groups in total. The highest BCUT2D eigenvalue weighted by Crippen LogP contribution is 2.33. The number of nitrogens with zero attached hydrogens (tertiary/aromatic N) is 3. The molecule has 5 nitrogen and oxygen atoms in total. The molecule has 1 aliphatic rings. The maximum Gasteiger partial charge on any atom is 0.257 e. The molecule has 0 spiro atoms. The Kier molecular flexibility index (Phi) is 4.38. The molecule has 1 amide bonds. The van der Waals surface area contributed by atoms with Gasteiger partial charge in [-0.15, -0.1) is 11.3 Å². The van der Waals surface area contributed by atoms with Crippen molar-refractivity contribution in [2.75, 3.05) is 19.6 Å². The lowest BCUT2D eigenvalue weighted by Crippen LogP contribution is -2.34. The Hall–Kier alpha value is -2.44. The Morgan fingerprint density at radius 1 is 1.27 bits per heavy atom. The average Bonchev–Trinajstić information content (AvgIpc) is 3.41. The number of carbonyl (C=O) groups excluding carboxylic acids is 1. The minimum atomic E-state index is 0.00811. The van der Waals surface area contributed by atoms with E-state index in [1.807, 2.05) is 58.9 Å². The summed E-state index contributed by atoms with van der Waals surface area (Å²) in [6.45, 7) is 4.18. The van der Waals surface area contributed by atoms with Crippen molar-refractivity contribution in [2.24, 2.45) is 11.1 Å². The molecule has 1 atom stereocenters. The molecule has 6 heteroatoms. The van der Waals surface area contributed by atoms with Gasteiger partial charge in [-0.05, 0) is 42.0 Å². The summed E-state index contributed by atoms with van der Waals surface area (Å²) in [5.74, 6) is 0.0350. The van der Waals surface area contributed by atoms with Crippen LogP contribution in [0.1, 0.15) is 23.7 Å². The van der Waals surface area contributed by atoms with Crippen molar-refractivity contribution in [1.29, 1.82) is 0 Å². The number of aromatic nitrogens is 2. The predicted octanol–water partition coefficient (Wildman–Crippen LogP) is 3.41. The third-order valence-electron chi connectivity index (χ3n) is 5.06. The van der Waals surface area contributed by atoms with Crippen molar-refractivity contribution in [3.05, 3.63) is 59.6 Å². The molecule has 1 aliphatic heterocycles. The molecule has 0 bridgehead atoms. The van der Waals surface area contributed by atoms with Crippen LogP contribution in [0.3, 0.4) is 0 Å². The van der Waals surface area contributed by atoms with Gasteiger partial charge in [-0.25, -0.2) is 4.68 Å². The summed E-state index contributed by atoms with van der Waals surface area (Å²) >= 11 is 1.60. The van der Waals surface area contributed by atoms with Crippen LogP contribution in [0.25, 0.3) is 16.3 Å². The summed E-state index contributed by atoms with van der Waals surface area (Å²) in [5.41, 5.74) is 8.25. The molecule has 4 rings (SSSR count). The SMILES string of the molecule is CC1(CN)CCN(C(=O)c2cn(-c3ccccc3)nc2-c2cccs2)C1. The summed E-state index contributed by atoms with van der Waals surface area (Å²) in [6.07, 6.45) is 2.79. The number of benzene rings is 1. The molecule has 1 fully saturated rings.